The Labute approximate surface area is 182 Å². The molecule has 170 valence electrons. The minimum absolute atomic E-state index is 0.252. The summed E-state index contributed by atoms with van der Waals surface area (Å²) in [5.41, 5.74) is 12.0. The zero-order valence-electron chi connectivity index (χ0n) is 20.2. The molecule has 0 radical (unpaired) electrons. The zero-order valence-corrected chi connectivity index (χ0v) is 20.2. The second-order valence-electron chi connectivity index (χ2n) is 7.65. The predicted octanol–water partition coefficient (Wildman–Crippen LogP) is 5.64. The van der Waals surface area contributed by atoms with Gasteiger partial charge in [-0.05, 0) is 58.4 Å². The largest absolute Gasteiger partial charge is 0.402 e. The van der Waals surface area contributed by atoms with E-state index in [0.29, 0.717) is 12.1 Å². The van der Waals surface area contributed by atoms with Gasteiger partial charge in [0.05, 0.1) is 5.54 Å². The fourth-order valence-corrected chi connectivity index (χ4v) is 3.39. The lowest BCUT2D eigenvalue weighted by Crippen LogP contribution is -2.48. The highest BCUT2D eigenvalue weighted by Crippen LogP contribution is 2.24. The van der Waals surface area contributed by atoms with Gasteiger partial charge in [-0.1, -0.05) is 71.5 Å². The first-order valence-electron chi connectivity index (χ1n) is 11.8. The summed E-state index contributed by atoms with van der Waals surface area (Å²) in [5.74, 6) is 8.41. The van der Waals surface area contributed by atoms with Crippen LogP contribution in [0.1, 0.15) is 106 Å². The summed E-state index contributed by atoms with van der Waals surface area (Å²) >= 11 is 0. The van der Waals surface area contributed by atoms with Crippen LogP contribution in [0.2, 0.25) is 0 Å². The highest BCUT2D eigenvalue weighted by molar-refractivity contribution is 5.14. The van der Waals surface area contributed by atoms with E-state index in [1.807, 2.05) is 44.9 Å². The summed E-state index contributed by atoms with van der Waals surface area (Å²) in [5, 5.41) is 1.98. The van der Waals surface area contributed by atoms with Crippen molar-refractivity contribution in [2.45, 2.75) is 123 Å². The first-order chi connectivity index (χ1) is 13.9. The van der Waals surface area contributed by atoms with Gasteiger partial charge in [0.15, 0.2) is 0 Å². The molecule has 4 heteroatoms. The van der Waals surface area contributed by atoms with E-state index in [4.69, 9.17) is 23.7 Å². The van der Waals surface area contributed by atoms with Gasteiger partial charge in [-0.15, -0.1) is 6.42 Å². The summed E-state index contributed by atoms with van der Waals surface area (Å²) < 4.78 is 0. The quantitative estimate of drug-likeness (QED) is 0.359. The molecule has 3 rings (SSSR count). The lowest BCUT2D eigenvalue weighted by atomic mass is 9.83. The van der Waals surface area contributed by atoms with Gasteiger partial charge in [0, 0.05) is 17.8 Å². The highest BCUT2D eigenvalue weighted by Gasteiger charge is 2.24. The Morgan fingerprint density at radius 2 is 1.52 bits per heavy atom. The third-order valence-corrected chi connectivity index (χ3v) is 5.34. The number of rotatable bonds is 0. The van der Waals surface area contributed by atoms with Crippen molar-refractivity contribution >= 4 is 0 Å². The van der Waals surface area contributed by atoms with E-state index in [1.54, 1.807) is 0 Å². The lowest BCUT2D eigenvalue weighted by Gasteiger charge is -2.34. The molecule has 0 aromatic rings. The Bertz CT molecular complexity index is 460. The molecule has 0 amide bonds. The smallest absolute Gasteiger partial charge is 0.0773 e. The van der Waals surface area contributed by atoms with Crippen LogP contribution in [0.5, 0.6) is 0 Å². The number of terminal acetylenes is 1. The topological polar surface area (TPSA) is 81.3 Å². The van der Waals surface area contributed by atoms with E-state index in [1.165, 1.54) is 38.5 Å². The van der Waals surface area contributed by atoms with Gasteiger partial charge < -0.3 is 11.5 Å². The van der Waals surface area contributed by atoms with Gasteiger partial charge in [-0.25, -0.2) is 5.01 Å². The first kappa shape index (κ1) is 29.9. The Morgan fingerprint density at radius 3 is 1.79 bits per heavy atom. The molecule has 3 aliphatic rings. The Morgan fingerprint density at radius 1 is 1.00 bits per heavy atom. The average Bonchev–Trinajstić information content (AvgIpc) is 2.77. The average molecular weight is 407 g/mol. The fourth-order valence-electron chi connectivity index (χ4n) is 3.39. The van der Waals surface area contributed by atoms with Crippen LogP contribution in [0, 0.1) is 12.3 Å². The molecule has 0 bridgehead atoms. The number of allylic oxidation sites excluding steroid dienone is 4. The van der Waals surface area contributed by atoms with Crippen LogP contribution < -0.4 is 17.3 Å². The summed E-state index contributed by atoms with van der Waals surface area (Å²) in [6.45, 7) is 12.4. The maximum atomic E-state index is 5.82. The molecular formula is C25H50N4. The molecule has 29 heavy (non-hydrogen) atoms. The Kier molecular flexibility index (Phi) is 19.3. The van der Waals surface area contributed by atoms with Crippen molar-refractivity contribution in [3.05, 3.63) is 23.9 Å². The molecule has 1 saturated heterocycles. The molecule has 1 saturated carbocycles. The fraction of sp³-hybridized carbons (Fsp3) is 0.760. The van der Waals surface area contributed by atoms with Crippen LogP contribution in [-0.2, 0) is 0 Å². The summed E-state index contributed by atoms with van der Waals surface area (Å²) in [7, 11) is 0. The Hall–Kier alpha value is -1.28. The van der Waals surface area contributed by atoms with Crippen LogP contribution in [0.4, 0.5) is 0 Å². The third-order valence-electron chi connectivity index (χ3n) is 5.34. The summed E-state index contributed by atoms with van der Waals surface area (Å²) in [6.07, 6.45) is 23.1. The summed E-state index contributed by atoms with van der Waals surface area (Å²) in [6, 6.07) is 1.18. The van der Waals surface area contributed by atoms with Crippen LogP contribution in [0.15, 0.2) is 23.9 Å². The molecule has 4 nitrogen and oxygen atoms in total. The van der Waals surface area contributed by atoms with E-state index in [0.717, 1.165) is 31.4 Å². The molecule has 2 aliphatic carbocycles. The monoisotopic (exact) mass is 406 g/mol. The van der Waals surface area contributed by atoms with Gasteiger partial charge in [0.25, 0.3) is 0 Å². The second-order valence-corrected chi connectivity index (χ2v) is 7.65. The van der Waals surface area contributed by atoms with Crippen molar-refractivity contribution in [1.82, 2.24) is 5.01 Å². The standard InChI is InChI=1S/C8H13N.C7H16N2.C6H9N.2C2H6/c1-2-8(9)6-4-3-5-7-8;1-6-4-3-5-7(2)9(6)8;7-6-4-2-1-3-5-6;2*1-2/h1H,3-7,9H2;6-7H,3-5,8H2,1-2H3;1-2,4H,3,5,7H2;2*1-2H3. The van der Waals surface area contributed by atoms with Crippen molar-refractivity contribution in [3.63, 3.8) is 0 Å². The molecule has 6 N–H and O–H groups in total. The predicted molar refractivity (Wildman–Crippen MR) is 131 cm³/mol. The molecular weight excluding hydrogens is 356 g/mol. The van der Waals surface area contributed by atoms with Crippen LogP contribution >= 0.6 is 0 Å². The molecule has 0 aromatic heterocycles. The van der Waals surface area contributed by atoms with Crippen molar-refractivity contribution in [3.8, 4) is 12.3 Å². The van der Waals surface area contributed by atoms with Crippen molar-refractivity contribution in [2.75, 3.05) is 0 Å². The molecule has 0 spiro atoms. The third kappa shape index (κ3) is 14.4. The number of hydrogen-bond acceptors (Lipinski definition) is 4. The molecule has 2 atom stereocenters. The van der Waals surface area contributed by atoms with Crippen LogP contribution in [0.3, 0.4) is 0 Å². The van der Waals surface area contributed by atoms with Gasteiger partial charge in [-0.3, -0.25) is 5.84 Å². The van der Waals surface area contributed by atoms with Crippen molar-refractivity contribution < 1.29 is 0 Å². The van der Waals surface area contributed by atoms with Crippen LogP contribution in [-0.4, -0.2) is 22.6 Å². The SMILES string of the molecule is C#CC1(N)CCCCC1.CC.CC.CC1CCCC(C)N1N.NC1=CC=CCC1. The van der Waals surface area contributed by atoms with E-state index in [2.05, 4.69) is 25.8 Å². The molecule has 2 fully saturated rings. The lowest BCUT2D eigenvalue weighted by molar-refractivity contribution is 0.105. The number of hydrazine groups is 1. The maximum absolute atomic E-state index is 5.82. The minimum Gasteiger partial charge on any atom is -0.402 e. The second kappa shape index (κ2) is 18.7. The van der Waals surface area contributed by atoms with E-state index in [9.17, 15) is 0 Å². The number of nitrogens with zero attached hydrogens (tertiary/aromatic N) is 1. The van der Waals surface area contributed by atoms with Crippen molar-refractivity contribution in [1.29, 1.82) is 0 Å². The normalized spacial score (nSPS) is 24.9. The molecule has 0 aromatic carbocycles. The van der Waals surface area contributed by atoms with Gasteiger partial charge >= 0.3 is 0 Å². The van der Waals surface area contributed by atoms with Gasteiger partial charge in [0.1, 0.15) is 0 Å². The van der Waals surface area contributed by atoms with Crippen LogP contribution in [0.25, 0.3) is 0 Å². The van der Waals surface area contributed by atoms with E-state index in [-0.39, 0.29) is 5.54 Å². The zero-order chi connectivity index (χ0) is 22.7. The molecule has 1 heterocycles. The summed E-state index contributed by atoms with van der Waals surface area (Å²) in [4.78, 5) is 0. The number of piperidine rings is 1. The first-order valence-corrected chi connectivity index (χ1v) is 11.8. The molecule has 1 aliphatic heterocycles. The van der Waals surface area contributed by atoms with Gasteiger partial charge in [-0.2, -0.15) is 0 Å². The highest BCUT2D eigenvalue weighted by atomic mass is 15.4. The van der Waals surface area contributed by atoms with E-state index >= 15 is 0 Å². The Balaban J connectivity index is 0. The number of nitrogens with two attached hydrogens (primary N) is 3. The maximum Gasteiger partial charge on any atom is 0.0773 e. The molecule has 2 unspecified atom stereocenters. The number of hydrogen-bond donors (Lipinski definition) is 3. The minimum atomic E-state index is -0.252. The van der Waals surface area contributed by atoms with E-state index < -0.39 is 0 Å². The van der Waals surface area contributed by atoms with Crippen molar-refractivity contribution in [2.24, 2.45) is 17.3 Å². The van der Waals surface area contributed by atoms with Gasteiger partial charge in [0.2, 0.25) is 0 Å².